The molecule has 0 saturated heterocycles. The number of anilines is 1. The van der Waals surface area contributed by atoms with Crippen LogP contribution in [0, 0.1) is 0 Å². The fourth-order valence-electron chi connectivity index (χ4n) is 1.45. The minimum Gasteiger partial charge on any atom is -0.492 e. The van der Waals surface area contributed by atoms with E-state index in [4.69, 9.17) is 16.3 Å². The van der Waals surface area contributed by atoms with Crippen molar-refractivity contribution in [2.75, 3.05) is 19.0 Å². The van der Waals surface area contributed by atoms with E-state index in [0.717, 1.165) is 16.4 Å². The number of thiazole rings is 1. The fourth-order valence-corrected chi connectivity index (χ4v) is 2.37. The highest BCUT2D eigenvalue weighted by atomic mass is 35.5. The van der Waals surface area contributed by atoms with Gasteiger partial charge in [0.1, 0.15) is 5.75 Å². The molecular weight excluding hydrogens is 256 g/mol. The average Bonchev–Trinajstić information content (AvgIpc) is 2.80. The maximum Gasteiger partial charge on any atom is 0.182 e. The Hall–Kier alpha value is -1.26. The summed E-state index contributed by atoms with van der Waals surface area (Å²) in [5.74, 6) is 0.710. The molecule has 3 nitrogen and oxygen atoms in total. The van der Waals surface area contributed by atoms with Gasteiger partial charge in [0, 0.05) is 18.0 Å². The maximum absolute atomic E-state index is 6.13. The highest BCUT2D eigenvalue weighted by Gasteiger charge is 2.07. The lowest BCUT2D eigenvalue weighted by atomic mass is 10.2. The summed E-state index contributed by atoms with van der Waals surface area (Å²) in [6.07, 6.45) is 0. The Kier molecular flexibility index (Phi) is 3.86. The van der Waals surface area contributed by atoms with E-state index in [2.05, 4.69) is 10.3 Å². The van der Waals surface area contributed by atoms with Crippen molar-refractivity contribution in [3.05, 3.63) is 28.6 Å². The van der Waals surface area contributed by atoms with Crippen LogP contribution in [0.25, 0.3) is 11.3 Å². The van der Waals surface area contributed by atoms with Crippen molar-refractivity contribution < 1.29 is 4.74 Å². The molecule has 2 rings (SSSR count). The van der Waals surface area contributed by atoms with Crippen molar-refractivity contribution in [1.82, 2.24) is 4.98 Å². The highest BCUT2D eigenvalue weighted by molar-refractivity contribution is 7.14. The largest absolute Gasteiger partial charge is 0.492 e. The molecule has 0 bridgehead atoms. The highest BCUT2D eigenvalue weighted by Crippen LogP contribution is 2.31. The molecule has 5 heteroatoms. The standard InChI is InChI=1S/C12H13ClN2OS/c1-3-16-11-5-4-8(6-9(11)13)10-7-17-12(14-2)15-10/h4-7H,3H2,1-2H3,(H,14,15). The van der Waals surface area contributed by atoms with Gasteiger partial charge in [-0.15, -0.1) is 11.3 Å². The van der Waals surface area contributed by atoms with Gasteiger partial charge in [-0.25, -0.2) is 4.98 Å². The van der Waals surface area contributed by atoms with Gasteiger partial charge in [-0.3, -0.25) is 0 Å². The second-order valence-corrected chi connectivity index (χ2v) is 4.63. The number of hydrogen-bond acceptors (Lipinski definition) is 4. The maximum atomic E-state index is 6.13. The van der Waals surface area contributed by atoms with Crippen LogP contribution in [0.15, 0.2) is 23.6 Å². The predicted molar refractivity (Wildman–Crippen MR) is 73.3 cm³/mol. The number of rotatable bonds is 4. The second-order valence-electron chi connectivity index (χ2n) is 3.37. The van der Waals surface area contributed by atoms with Crippen LogP contribution in [0.3, 0.4) is 0 Å². The number of benzene rings is 1. The van der Waals surface area contributed by atoms with Crippen molar-refractivity contribution in [1.29, 1.82) is 0 Å². The summed E-state index contributed by atoms with van der Waals surface area (Å²) in [5, 5.41) is 6.52. The summed E-state index contributed by atoms with van der Waals surface area (Å²) >= 11 is 7.70. The molecule has 1 aromatic heterocycles. The molecule has 1 aromatic carbocycles. The number of nitrogens with zero attached hydrogens (tertiary/aromatic N) is 1. The molecule has 0 amide bonds. The predicted octanol–water partition coefficient (Wildman–Crippen LogP) is 3.90. The van der Waals surface area contributed by atoms with Gasteiger partial charge in [0.25, 0.3) is 0 Å². The molecule has 2 aromatic rings. The van der Waals surface area contributed by atoms with Crippen LogP contribution in [0.5, 0.6) is 5.75 Å². The molecule has 0 unspecified atom stereocenters. The summed E-state index contributed by atoms with van der Waals surface area (Å²) in [6.45, 7) is 2.55. The number of hydrogen-bond donors (Lipinski definition) is 1. The van der Waals surface area contributed by atoms with Gasteiger partial charge >= 0.3 is 0 Å². The van der Waals surface area contributed by atoms with Crippen LogP contribution in [0.1, 0.15) is 6.92 Å². The first-order valence-corrected chi connectivity index (χ1v) is 6.56. The molecule has 17 heavy (non-hydrogen) atoms. The SMILES string of the molecule is CCOc1ccc(-c2csc(NC)n2)cc1Cl. The van der Waals surface area contributed by atoms with E-state index in [1.165, 1.54) is 0 Å². The first-order chi connectivity index (χ1) is 8.24. The summed E-state index contributed by atoms with van der Waals surface area (Å²) < 4.78 is 5.39. The zero-order chi connectivity index (χ0) is 12.3. The first-order valence-electron chi connectivity index (χ1n) is 5.30. The van der Waals surface area contributed by atoms with E-state index in [0.29, 0.717) is 17.4 Å². The minimum atomic E-state index is 0.611. The number of aromatic nitrogens is 1. The topological polar surface area (TPSA) is 34.1 Å². The third-order valence-electron chi connectivity index (χ3n) is 2.25. The minimum absolute atomic E-state index is 0.611. The Balaban J connectivity index is 2.30. The molecular formula is C12H13ClN2OS. The van der Waals surface area contributed by atoms with Gasteiger partial charge in [-0.1, -0.05) is 11.6 Å². The average molecular weight is 269 g/mol. The molecule has 90 valence electrons. The Morgan fingerprint density at radius 1 is 1.47 bits per heavy atom. The van der Waals surface area contributed by atoms with E-state index in [1.807, 2.05) is 37.6 Å². The van der Waals surface area contributed by atoms with Crippen LogP contribution in [-0.4, -0.2) is 18.6 Å². The third kappa shape index (κ3) is 2.70. The van der Waals surface area contributed by atoms with Gasteiger partial charge in [-0.2, -0.15) is 0 Å². The van der Waals surface area contributed by atoms with Crippen LogP contribution >= 0.6 is 22.9 Å². The van der Waals surface area contributed by atoms with Crippen molar-refractivity contribution in [3.8, 4) is 17.0 Å². The molecule has 0 aliphatic heterocycles. The van der Waals surface area contributed by atoms with E-state index >= 15 is 0 Å². The quantitative estimate of drug-likeness (QED) is 0.913. The van der Waals surface area contributed by atoms with Crippen LogP contribution < -0.4 is 10.1 Å². The smallest absolute Gasteiger partial charge is 0.182 e. The van der Waals surface area contributed by atoms with Crippen LogP contribution in [-0.2, 0) is 0 Å². The number of halogens is 1. The molecule has 0 radical (unpaired) electrons. The number of ether oxygens (including phenoxy) is 1. The van der Waals surface area contributed by atoms with E-state index < -0.39 is 0 Å². The van der Waals surface area contributed by atoms with Crippen molar-refractivity contribution in [3.63, 3.8) is 0 Å². The van der Waals surface area contributed by atoms with Crippen LogP contribution in [0.2, 0.25) is 5.02 Å². The van der Waals surface area contributed by atoms with Crippen LogP contribution in [0.4, 0.5) is 5.13 Å². The molecule has 0 atom stereocenters. The zero-order valence-electron chi connectivity index (χ0n) is 9.66. The van der Waals surface area contributed by atoms with Gasteiger partial charge in [-0.05, 0) is 25.1 Å². The fraction of sp³-hybridized carbons (Fsp3) is 0.250. The van der Waals surface area contributed by atoms with Gasteiger partial charge in [0.05, 0.1) is 17.3 Å². The van der Waals surface area contributed by atoms with Gasteiger partial charge in [0.15, 0.2) is 5.13 Å². The zero-order valence-corrected chi connectivity index (χ0v) is 11.2. The molecule has 0 fully saturated rings. The van der Waals surface area contributed by atoms with Crippen molar-refractivity contribution in [2.45, 2.75) is 6.92 Å². The summed E-state index contributed by atoms with van der Waals surface area (Å²) in [6, 6.07) is 5.71. The number of nitrogens with one attached hydrogen (secondary N) is 1. The van der Waals surface area contributed by atoms with E-state index in [1.54, 1.807) is 11.3 Å². The van der Waals surface area contributed by atoms with Crippen molar-refractivity contribution >= 4 is 28.1 Å². The van der Waals surface area contributed by atoms with Gasteiger partial charge < -0.3 is 10.1 Å². The Labute approximate surface area is 109 Å². The molecule has 0 saturated carbocycles. The lowest BCUT2D eigenvalue weighted by molar-refractivity contribution is 0.340. The molecule has 0 spiro atoms. The monoisotopic (exact) mass is 268 g/mol. The Bertz CT molecular complexity index is 513. The molecule has 1 N–H and O–H groups in total. The third-order valence-corrected chi connectivity index (χ3v) is 3.40. The normalized spacial score (nSPS) is 10.3. The lowest BCUT2D eigenvalue weighted by Crippen LogP contribution is -1.92. The van der Waals surface area contributed by atoms with Crippen molar-refractivity contribution in [2.24, 2.45) is 0 Å². The summed E-state index contributed by atoms with van der Waals surface area (Å²) in [7, 11) is 1.85. The Morgan fingerprint density at radius 2 is 2.29 bits per heavy atom. The first kappa shape index (κ1) is 12.2. The lowest BCUT2D eigenvalue weighted by Gasteiger charge is -2.06. The summed E-state index contributed by atoms with van der Waals surface area (Å²) in [5.41, 5.74) is 1.92. The molecule has 1 heterocycles. The molecule has 0 aliphatic rings. The van der Waals surface area contributed by atoms with Gasteiger partial charge in [0.2, 0.25) is 0 Å². The molecule has 0 aliphatic carbocycles. The van der Waals surface area contributed by atoms with E-state index in [9.17, 15) is 0 Å². The second kappa shape index (κ2) is 5.38. The van der Waals surface area contributed by atoms with E-state index in [-0.39, 0.29) is 0 Å². The Morgan fingerprint density at radius 3 is 2.88 bits per heavy atom. The summed E-state index contributed by atoms with van der Waals surface area (Å²) in [4.78, 5) is 4.42.